The first-order valence-corrected chi connectivity index (χ1v) is 13.6. The van der Waals surface area contributed by atoms with Gasteiger partial charge in [-0.05, 0) is 46.9 Å². The van der Waals surface area contributed by atoms with E-state index < -0.39 is 0 Å². The largest absolute Gasteiger partial charge is 0.383 e. The molecule has 1 saturated heterocycles. The van der Waals surface area contributed by atoms with Gasteiger partial charge in [0.05, 0.1) is 11.8 Å². The minimum atomic E-state index is -0.304. The summed E-state index contributed by atoms with van der Waals surface area (Å²) in [6.45, 7) is 0.991. The van der Waals surface area contributed by atoms with Crippen molar-refractivity contribution in [1.29, 1.82) is 0 Å². The van der Waals surface area contributed by atoms with Crippen molar-refractivity contribution in [3.8, 4) is 33.4 Å². The number of aromatic nitrogens is 3. The summed E-state index contributed by atoms with van der Waals surface area (Å²) in [5.74, 6) is -0.194. The predicted octanol–water partition coefficient (Wildman–Crippen LogP) is 5.04. The number of nitrogens with one attached hydrogen (secondary N) is 1. The highest BCUT2D eigenvalue weighted by Gasteiger charge is 2.29. The Morgan fingerprint density at radius 2 is 1.54 bits per heavy atom. The summed E-state index contributed by atoms with van der Waals surface area (Å²) in [4.78, 5) is 32.4. The van der Waals surface area contributed by atoms with Crippen molar-refractivity contribution in [2.75, 3.05) is 18.8 Å². The second kappa shape index (κ2) is 11.1. The van der Waals surface area contributed by atoms with Crippen LogP contribution in [0.2, 0.25) is 0 Å². The number of anilines is 1. The van der Waals surface area contributed by atoms with E-state index >= 15 is 0 Å². The van der Waals surface area contributed by atoms with Crippen molar-refractivity contribution < 1.29 is 9.59 Å². The number of pyridine rings is 1. The molecule has 0 saturated carbocycles. The van der Waals surface area contributed by atoms with Gasteiger partial charge in [0.25, 0.3) is 11.8 Å². The van der Waals surface area contributed by atoms with Crippen LogP contribution < -0.4 is 11.1 Å². The molecule has 8 heteroatoms. The van der Waals surface area contributed by atoms with E-state index in [1.165, 1.54) is 0 Å². The molecule has 5 aromatic rings. The van der Waals surface area contributed by atoms with Crippen LogP contribution in [0.25, 0.3) is 33.4 Å². The number of carbonyl (C=O) groups excluding carboxylic acids is 2. The van der Waals surface area contributed by atoms with Crippen LogP contribution in [0.3, 0.4) is 0 Å². The van der Waals surface area contributed by atoms with E-state index in [0.717, 1.165) is 33.4 Å². The third-order valence-corrected chi connectivity index (χ3v) is 7.47. The second-order valence-electron chi connectivity index (χ2n) is 10.3. The normalized spacial score (nSPS) is 14.7. The summed E-state index contributed by atoms with van der Waals surface area (Å²) in [5.41, 5.74) is 13.0. The molecule has 3 N–H and O–H groups in total. The Kier molecular flexibility index (Phi) is 7.04. The molecule has 0 bridgehead atoms. The number of aryl methyl sites for hydroxylation is 1. The number of nitrogens with zero attached hydrogens (tertiary/aromatic N) is 4. The fraction of sp³-hybridized carbons (Fsp3) is 0.152. The zero-order valence-electron chi connectivity index (χ0n) is 22.7. The van der Waals surface area contributed by atoms with Gasteiger partial charge in [-0.25, -0.2) is 4.98 Å². The van der Waals surface area contributed by atoms with E-state index in [-0.39, 0.29) is 23.7 Å². The Morgan fingerprint density at radius 3 is 2.22 bits per heavy atom. The lowest BCUT2D eigenvalue weighted by Crippen LogP contribution is -2.38. The second-order valence-corrected chi connectivity index (χ2v) is 10.3. The van der Waals surface area contributed by atoms with E-state index in [4.69, 9.17) is 5.73 Å². The monoisotopic (exact) mass is 542 g/mol. The highest BCUT2D eigenvalue weighted by atomic mass is 16.2. The van der Waals surface area contributed by atoms with Gasteiger partial charge in [-0.3, -0.25) is 14.3 Å². The lowest BCUT2D eigenvalue weighted by atomic mass is 9.94. The first-order valence-electron chi connectivity index (χ1n) is 13.6. The molecule has 1 fully saturated rings. The Bertz CT molecular complexity index is 1710. The van der Waals surface area contributed by atoms with Crippen LogP contribution in [0.4, 0.5) is 5.82 Å². The molecule has 3 aromatic carbocycles. The zero-order chi connectivity index (χ0) is 28.3. The molecule has 3 heterocycles. The Hall–Kier alpha value is -5.24. The molecule has 2 amide bonds. The quantitative estimate of drug-likeness (QED) is 0.313. The summed E-state index contributed by atoms with van der Waals surface area (Å²) in [6.07, 6.45) is 5.86. The third kappa shape index (κ3) is 5.45. The van der Waals surface area contributed by atoms with Crippen LogP contribution in [0.15, 0.2) is 104 Å². The number of hydrogen-bond donors (Lipinski definition) is 2. The SMILES string of the molecule is Cn1cc(-c2cnc(N)c(C(=O)NC3CCN(C(=O)c4ccc(-c5ccccc5-c5ccccc5)cc4)C3)c2)cn1. The van der Waals surface area contributed by atoms with Gasteiger partial charge in [-0.15, -0.1) is 0 Å². The summed E-state index contributed by atoms with van der Waals surface area (Å²) < 4.78 is 1.69. The molecular formula is C33H30N6O2. The van der Waals surface area contributed by atoms with Crippen LogP contribution in [-0.2, 0) is 7.05 Å². The van der Waals surface area contributed by atoms with Crippen molar-refractivity contribution in [2.45, 2.75) is 12.5 Å². The Balaban J connectivity index is 1.12. The number of rotatable bonds is 6. The highest BCUT2D eigenvalue weighted by Crippen LogP contribution is 2.32. The summed E-state index contributed by atoms with van der Waals surface area (Å²) in [5, 5.41) is 7.21. The van der Waals surface area contributed by atoms with Crippen molar-refractivity contribution in [2.24, 2.45) is 7.05 Å². The van der Waals surface area contributed by atoms with Crippen LogP contribution in [0, 0.1) is 0 Å². The lowest BCUT2D eigenvalue weighted by Gasteiger charge is -2.18. The van der Waals surface area contributed by atoms with E-state index in [0.29, 0.717) is 30.6 Å². The summed E-state index contributed by atoms with van der Waals surface area (Å²) in [7, 11) is 1.83. The third-order valence-electron chi connectivity index (χ3n) is 7.47. The van der Waals surface area contributed by atoms with Crippen LogP contribution in [0.1, 0.15) is 27.1 Å². The number of nitrogen functional groups attached to an aromatic ring is 1. The molecule has 2 aromatic heterocycles. The van der Waals surface area contributed by atoms with Crippen LogP contribution in [0.5, 0.6) is 0 Å². The minimum absolute atomic E-state index is 0.0515. The number of nitrogens with two attached hydrogens (primary N) is 1. The molecule has 1 unspecified atom stereocenters. The first kappa shape index (κ1) is 26.0. The highest BCUT2D eigenvalue weighted by molar-refractivity contribution is 6.00. The van der Waals surface area contributed by atoms with Crippen LogP contribution in [-0.4, -0.2) is 50.6 Å². The van der Waals surface area contributed by atoms with E-state index in [2.05, 4.69) is 39.7 Å². The predicted molar refractivity (Wildman–Crippen MR) is 160 cm³/mol. The van der Waals surface area contributed by atoms with Crippen molar-refractivity contribution in [3.63, 3.8) is 0 Å². The lowest BCUT2D eigenvalue weighted by molar-refractivity contribution is 0.0783. The Morgan fingerprint density at radius 1 is 0.854 bits per heavy atom. The molecule has 6 rings (SSSR count). The van der Waals surface area contributed by atoms with E-state index in [1.54, 1.807) is 28.0 Å². The van der Waals surface area contributed by atoms with E-state index in [1.807, 2.05) is 67.8 Å². The molecule has 41 heavy (non-hydrogen) atoms. The number of benzene rings is 3. The molecule has 0 radical (unpaired) electrons. The molecule has 1 aliphatic rings. The molecule has 204 valence electrons. The average Bonchev–Trinajstić information content (AvgIpc) is 3.66. The van der Waals surface area contributed by atoms with Gasteiger partial charge in [0.1, 0.15) is 5.82 Å². The number of likely N-dealkylation sites (tertiary alicyclic amines) is 1. The standard InChI is InChI=1S/C33H30N6O2/c1-38-20-26(19-36-38)25-17-30(31(34)35-18-25)32(40)37-27-15-16-39(21-27)33(41)24-13-11-23(12-14-24)29-10-6-5-9-28(29)22-7-3-2-4-8-22/h2-14,17-20,27H,15-16,21H2,1H3,(H2,34,35)(H,37,40). The van der Waals surface area contributed by atoms with Gasteiger partial charge in [0.15, 0.2) is 0 Å². The van der Waals surface area contributed by atoms with Gasteiger partial charge in [-0.1, -0.05) is 66.7 Å². The topological polar surface area (TPSA) is 106 Å². The van der Waals surface area contributed by atoms with Gasteiger partial charge in [0, 0.05) is 55.3 Å². The van der Waals surface area contributed by atoms with Crippen molar-refractivity contribution >= 4 is 17.6 Å². The van der Waals surface area contributed by atoms with Gasteiger partial charge in [-0.2, -0.15) is 5.10 Å². The number of amides is 2. The van der Waals surface area contributed by atoms with E-state index in [9.17, 15) is 9.59 Å². The maximum Gasteiger partial charge on any atom is 0.255 e. The van der Waals surface area contributed by atoms with Gasteiger partial charge >= 0.3 is 0 Å². The van der Waals surface area contributed by atoms with Gasteiger partial charge in [0.2, 0.25) is 0 Å². The fourth-order valence-corrected chi connectivity index (χ4v) is 5.29. The van der Waals surface area contributed by atoms with Crippen LogP contribution >= 0.6 is 0 Å². The fourth-order valence-electron chi connectivity index (χ4n) is 5.29. The summed E-state index contributed by atoms with van der Waals surface area (Å²) in [6, 6.07) is 27.8. The zero-order valence-corrected chi connectivity index (χ0v) is 22.7. The molecular weight excluding hydrogens is 512 g/mol. The average molecular weight is 543 g/mol. The first-order chi connectivity index (χ1) is 20.0. The maximum atomic E-state index is 13.3. The summed E-state index contributed by atoms with van der Waals surface area (Å²) >= 11 is 0. The van der Waals surface area contributed by atoms with Gasteiger partial charge < -0.3 is 16.0 Å². The molecule has 1 atom stereocenters. The Labute approximate surface area is 238 Å². The van der Waals surface area contributed by atoms with Crippen molar-refractivity contribution in [3.05, 3.63) is 115 Å². The smallest absolute Gasteiger partial charge is 0.255 e. The molecule has 0 aliphatic carbocycles. The molecule has 8 nitrogen and oxygen atoms in total. The molecule has 1 aliphatic heterocycles. The van der Waals surface area contributed by atoms with Crippen molar-refractivity contribution in [1.82, 2.24) is 25.0 Å². The maximum absolute atomic E-state index is 13.3. The molecule has 0 spiro atoms. The number of hydrogen-bond acceptors (Lipinski definition) is 5. The minimum Gasteiger partial charge on any atom is -0.383 e. The number of carbonyl (C=O) groups is 2.